The minimum Gasteiger partial charge on any atom is -0.778 e. The van der Waals surface area contributed by atoms with Crippen LogP contribution in [0.5, 0.6) is 0 Å². The van der Waals surface area contributed by atoms with Gasteiger partial charge in [-0.3, -0.25) is 0 Å². The topological polar surface area (TPSA) is 153 Å². The molecule has 0 aromatic rings. The summed E-state index contributed by atoms with van der Waals surface area (Å²) in [5.74, 6) is -1.78. The zero-order valence-corrected chi connectivity index (χ0v) is 14.9. The second kappa shape index (κ2) is 9.29. The fourth-order valence-electron chi connectivity index (χ4n) is 1.65. The van der Waals surface area contributed by atoms with Gasteiger partial charge < -0.3 is 35.7 Å². The molecule has 0 spiro atoms. The minimum absolute atomic E-state index is 0. The molecule has 0 radical (unpaired) electrons. The standard InChI is InChI=1S/C6H14N2.C5H11O5P.Pt/c7-5-3-1-2-4-6(5)8;1-3-5(2,4(6)7)11(8,9)10;/h5-6H,1-4,7-8H2;3H2,1-2H3,(H,6,7)(H2,8,9,10);/q;;+2/p-2/t5-,6-;;/m1../s1. The van der Waals surface area contributed by atoms with Gasteiger partial charge in [0.05, 0.1) is 11.1 Å². The van der Waals surface area contributed by atoms with E-state index >= 15 is 0 Å². The van der Waals surface area contributed by atoms with Crippen LogP contribution in [0, 0.1) is 0 Å². The molecule has 1 aliphatic rings. The Kier molecular flexibility index (Phi) is 10.5. The summed E-state index contributed by atoms with van der Waals surface area (Å²) in [5.41, 5.74) is 11.3. The number of carboxylic acid groups (broad SMARTS) is 1. The van der Waals surface area contributed by atoms with Crippen molar-refractivity contribution in [1.29, 1.82) is 0 Å². The summed E-state index contributed by atoms with van der Waals surface area (Å²) in [4.78, 5) is 29.2. The Morgan fingerprint density at radius 2 is 1.70 bits per heavy atom. The van der Waals surface area contributed by atoms with Gasteiger partial charge in [-0.05, 0) is 26.2 Å². The number of hydrogen-bond donors (Lipinski definition) is 3. The second-order valence-electron chi connectivity index (χ2n) is 5.05. The van der Waals surface area contributed by atoms with Crippen molar-refractivity contribution >= 4 is 13.6 Å². The molecule has 4 atom stereocenters. The van der Waals surface area contributed by atoms with Crippen molar-refractivity contribution in [3.8, 4) is 0 Å². The summed E-state index contributed by atoms with van der Waals surface area (Å²) in [6.45, 7) is 2.26. The molecule has 0 bridgehead atoms. The Balaban J connectivity index is 0. The third kappa shape index (κ3) is 6.33. The second-order valence-corrected chi connectivity index (χ2v) is 7.08. The summed E-state index contributed by atoms with van der Waals surface area (Å²) in [6, 6.07) is 0.562. The number of rotatable bonds is 3. The maximum atomic E-state index is 10.5. The van der Waals surface area contributed by atoms with E-state index in [4.69, 9.17) is 16.4 Å². The van der Waals surface area contributed by atoms with Gasteiger partial charge in [-0.25, -0.2) is 0 Å². The smallest absolute Gasteiger partial charge is 0.778 e. The molecule has 0 aliphatic heterocycles. The van der Waals surface area contributed by atoms with E-state index in [1.807, 2.05) is 0 Å². The number of hydrogen-bond acceptors (Lipinski definition) is 6. The van der Waals surface area contributed by atoms with Crippen molar-refractivity contribution in [3.05, 3.63) is 0 Å². The molecule has 5 N–H and O–H groups in total. The first kappa shape index (κ1) is 22.5. The third-order valence-corrected chi connectivity index (χ3v) is 5.37. The van der Waals surface area contributed by atoms with Crippen molar-refractivity contribution in [2.45, 2.75) is 63.2 Å². The van der Waals surface area contributed by atoms with Gasteiger partial charge in [0, 0.05) is 12.1 Å². The molecule has 2 unspecified atom stereocenters. The van der Waals surface area contributed by atoms with Gasteiger partial charge in [-0.2, -0.15) is 0 Å². The Morgan fingerprint density at radius 1 is 1.35 bits per heavy atom. The van der Waals surface area contributed by atoms with Crippen LogP contribution in [0.15, 0.2) is 0 Å². The van der Waals surface area contributed by atoms with Crippen molar-refractivity contribution < 1.29 is 45.3 Å². The first-order valence-electron chi connectivity index (χ1n) is 6.32. The van der Waals surface area contributed by atoms with Crippen molar-refractivity contribution in [2.75, 3.05) is 0 Å². The van der Waals surface area contributed by atoms with Crippen LogP contribution in [-0.4, -0.2) is 28.1 Å². The number of carbonyl (C=O) groups excluding carboxylic acids is 1. The molecule has 122 valence electrons. The van der Waals surface area contributed by atoms with Crippen LogP contribution in [-0.2, 0) is 30.4 Å². The molecular weight excluding hydrogens is 466 g/mol. The van der Waals surface area contributed by atoms with Gasteiger partial charge in [0.25, 0.3) is 0 Å². The van der Waals surface area contributed by atoms with E-state index in [1.165, 1.54) is 19.8 Å². The molecule has 0 saturated heterocycles. The van der Waals surface area contributed by atoms with Crippen LogP contribution in [0.1, 0.15) is 46.0 Å². The molecule has 0 aromatic heterocycles. The van der Waals surface area contributed by atoms with Crippen molar-refractivity contribution in [2.24, 2.45) is 11.5 Å². The van der Waals surface area contributed by atoms with E-state index < -0.39 is 18.7 Å². The molecule has 1 saturated carbocycles. The van der Waals surface area contributed by atoms with Crippen LogP contribution >= 0.6 is 7.60 Å². The van der Waals surface area contributed by atoms with E-state index in [9.17, 15) is 19.4 Å². The molecule has 20 heavy (non-hydrogen) atoms. The maximum Gasteiger partial charge on any atom is 2.00 e. The Labute approximate surface area is 133 Å². The van der Waals surface area contributed by atoms with Crippen LogP contribution < -0.4 is 21.5 Å². The van der Waals surface area contributed by atoms with E-state index in [0.717, 1.165) is 19.8 Å². The number of carbonyl (C=O) groups is 1. The molecule has 0 amide bonds. The zero-order chi connectivity index (χ0) is 15.3. The maximum absolute atomic E-state index is 10.5. The van der Waals surface area contributed by atoms with Crippen LogP contribution in [0.3, 0.4) is 0 Å². The van der Waals surface area contributed by atoms with Gasteiger partial charge in [-0.15, -0.1) is 0 Å². The van der Waals surface area contributed by atoms with E-state index in [2.05, 4.69) is 0 Å². The van der Waals surface area contributed by atoms with E-state index in [1.54, 1.807) is 0 Å². The monoisotopic (exact) mass is 489 g/mol. The average Bonchev–Trinajstić information content (AvgIpc) is 2.31. The average molecular weight is 489 g/mol. The van der Waals surface area contributed by atoms with Crippen LogP contribution in [0.4, 0.5) is 0 Å². The summed E-state index contributed by atoms with van der Waals surface area (Å²) in [7, 11) is -4.86. The van der Waals surface area contributed by atoms with Gasteiger partial charge in [0.15, 0.2) is 0 Å². The Bertz CT molecular complexity index is 342. The molecule has 9 heteroatoms. The van der Waals surface area contributed by atoms with Gasteiger partial charge in [0.2, 0.25) is 0 Å². The number of carboxylic acids is 1. The SMILES string of the molecule is CCC(C)(C(=O)[O-])P(=O)([O-])O.N[C@@H]1CCCC[C@H]1N.[Pt+2]. The van der Waals surface area contributed by atoms with Crippen LogP contribution in [0.25, 0.3) is 0 Å². The molecule has 0 heterocycles. The van der Waals surface area contributed by atoms with Crippen LogP contribution in [0.2, 0.25) is 0 Å². The van der Waals surface area contributed by atoms with Gasteiger partial charge in [-0.1, -0.05) is 19.8 Å². The summed E-state index contributed by atoms with van der Waals surface area (Å²) >= 11 is 0. The van der Waals surface area contributed by atoms with Crippen molar-refractivity contribution in [3.63, 3.8) is 0 Å². The largest absolute Gasteiger partial charge is 2.00 e. The Hall–Kier alpha value is 0.228. The third-order valence-electron chi connectivity index (χ3n) is 3.63. The number of aliphatic carboxylic acids is 1. The molecular formula is C11H23N2O5PPt. The van der Waals surface area contributed by atoms with Crippen molar-refractivity contribution in [1.82, 2.24) is 0 Å². The molecule has 0 aromatic carbocycles. The molecule has 7 nitrogen and oxygen atoms in total. The van der Waals surface area contributed by atoms with E-state index in [-0.39, 0.29) is 39.6 Å². The number of nitrogens with two attached hydrogens (primary N) is 2. The Morgan fingerprint density at radius 3 is 1.80 bits per heavy atom. The fraction of sp³-hybridized carbons (Fsp3) is 0.909. The summed E-state index contributed by atoms with van der Waals surface area (Å²) < 4.78 is 10.5. The zero-order valence-electron chi connectivity index (χ0n) is 11.7. The normalized spacial score (nSPS) is 27.9. The minimum atomic E-state index is -4.86. The summed E-state index contributed by atoms with van der Waals surface area (Å²) in [5, 5.41) is 8.10. The first-order chi connectivity index (χ1) is 8.56. The molecule has 1 fully saturated rings. The fourth-order valence-corrected chi connectivity index (χ4v) is 2.28. The molecule has 1 rings (SSSR count). The van der Waals surface area contributed by atoms with Gasteiger partial charge in [0.1, 0.15) is 7.60 Å². The van der Waals surface area contributed by atoms with E-state index in [0.29, 0.717) is 0 Å². The first-order valence-corrected chi connectivity index (χ1v) is 7.90. The van der Waals surface area contributed by atoms with Gasteiger partial charge >= 0.3 is 21.1 Å². The quantitative estimate of drug-likeness (QED) is 0.415. The predicted octanol–water partition coefficient (Wildman–Crippen LogP) is -1.34. The predicted molar refractivity (Wildman–Crippen MR) is 67.9 cm³/mol. The molecule has 1 aliphatic carbocycles. The summed E-state index contributed by atoms with van der Waals surface area (Å²) in [6.07, 6.45) is 4.58.